The van der Waals surface area contributed by atoms with Gasteiger partial charge in [-0.2, -0.15) is 0 Å². The van der Waals surface area contributed by atoms with Gasteiger partial charge >= 0.3 is 6.09 Å². The minimum atomic E-state index is -0.850. The molecule has 104 valence electrons. The van der Waals surface area contributed by atoms with Gasteiger partial charge in [0.15, 0.2) is 0 Å². The van der Waals surface area contributed by atoms with Crippen LogP contribution in [0.15, 0.2) is 29.0 Å². The number of alkyl carbamates (subject to hydrolysis) is 1. The molecule has 0 bridgehead atoms. The lowest BCUT2D eigenvalue weighted by Gasteiger charge is -2.05. The molecule has 2 N–H and O–H groups in total. The van der Waals surface area contributed by atoms with E-state index in [9.17, 15) is 14.4 Å². The topological polar surface area (TPSA) is 84.5 Å². The van der Waals surface area contributed by atoms with E-state index in [4.69, 9.17) is 0 Å². The van der Waals surface area contributed by atoms with E-state index in [2.05, 4.69) is 10.1 Å². The van der Waals surface area contributed by atoms with Crippen molar-refractivity contribution in [3.63, 3.8) is 0 Å². The van der Waals surface area contributed by atoms with E-state index in [-0.39, 0.29) is 11.5 Å². The zero-order chi connectivity index (χ0) is 14.5. The van der Waals surface area contributed by atoms with Gasteiger partial charge in [0.1, 0.15) is 5.00 Å². The largest absolute Gasteiger partial charge is 0.453 e. The summed E-state index contributed by atoms with van der Waals surface area (Å²) in [5.41, 5.74) is 0.213. The Kier molecular flexibility index (Phi) is 4.49. The lowest BCUT2D eigenvalue weighted by atomic mass is 10.3. The molecule has 2 heterocycles. The number of carbonyl (C=O) groups excluding carboxylic acids is 3. The molecular formula is C12H10N2O4S2. The highest BCUT2D eigenvalue weighted by Crippen LogP contribution is 2.24. The van der Waals surface area contributed by atoms with E-state index in [0.717, 1.165) is 7.11 Å². The molecule has 0 radical (unpaired) electrons. The van der Waals surface area contributed by atoms with Gasteiger partial charge in [-0.25, -0.2) is 4.79 Å². The van der Waals surface area contributed by atoms with Gasteiger partial charge in [0, 0.05) is 0 Å². The number of carbonyl (C=O) groups is 3. The number of methoxy groups -OCH3 is 1. The summed E-state index contributed by atoms with van der Waals surface area (Å²) in [6.45, 7) is 0. The summed E-state index contributed by atoms with van der Waals surface area (Å²) in [6.07, 6.45) is -0.850. The van der Waals surface area contributed by atoms with Crippen LogP contribution in [0.25, 0.3) is 0 Å². The van der Waals surface area contributed by atoms with Crippen molar-refractivity contribution in [2.45, 2.75) is 0 Å². The summed E-state index contributed by atoms with van der Waals surface area (Å²) < 4.78 is 4.35. The van der Waals surface area contributed by atoms with Crippen molar-refractivity contribution in [1.82, 2.24) is 5.32 Å². The zero-order valence-corrected chi connectivity index (χ0v) is 12.0. The Hall–Kier alpha value is -2.19. The van der Waals surface area contributed by atoms with Crippen LogP contribution in [0.1, 0.15) is 20.0 Å². The molecule has 0 saturated heterocycles. The fraction of sp³-hybridized carbons (Fsp3) is 0.0833. The van der Waals surface area contributed by atoms with E-state index >= 15 is 0 Å². The van der Waals surface area contributed by atoms with Crippen molar-refractivity contribution in [1.29, 1.82) is 0 Å². The Balaban J connectivity index is 2.11. The fourth-order valence-corrected chi connectivity index (χ4v) is 2.77. The van der Waals surface area contributed by atoms with Crippen molar-refractivity contribution in [2.75, 3.05) is 12.4 Å². The second kappa shape index (κ2) is 6.31. The van der Waals surface area contributed by atoms with Crippen LogP contribution in [0.2, 0.25) is 0 Å². The normalized spacial score (nSPS) is 9.85. The number of nitrogens with one attached hydrogen (secondary N) is 2. The van der Waals surface area contributed by atoms with Crippen LogP contribution in [-0.2, 0) is 4.74 Å². The predicted molar refractivity (Wildman–Crippen MR) is 76.5 cm³/mol. The van der Waals surface area contributed by atoms with Gasteiger partial charge < -0.3 is 10.1 Å². The average molecular weight is 310 g/mol. The van der Waals surface area contributed by atoms with Crippen LogP contribution < -0.4 is 10.6 Å². The highest BCUT2D eigenvalue weighted by Gasteiger charge is 2.18. The number of ether oxygens (including phenoxy) is 1. The third kappa shape index (κ3) is 3.22. The number of anilines is 1. The first-order valence-electron chi connectivity index (χ1n) is 5.43. The smallest absolute Gasteiger partial charge is 0.413 e. The quantitative estimate of drug-likeness (QED) is 0.912. The average Bonchev–Trinajstić information content (AvgIpc) is 3.09. The monoisotopic (exact) mass is 310 g/mol. The molecule has 8 heteroatoms. The van der Waals surface area contributed by atoms with Gasteiger partial charge in [-0.05, 0) is 22.9 Å². The van der Waals surface area contributed by atoms with Crippen LogP contribution in [-0.4, -0.2) is 25.0 Å². The Morgan fingerprint density at radius 2 is 1.90 bits per heavy atom. The van der Waals surface area contributed by atoms with Gasteiger partial charge in [-0.1, -0.05) is 6.07 Å². The standard InChI is InChI=1S/C12H10N2O4S2/c1-18-12(17)14-9(15)7-4-6-20-11(7)13-10(16)8-3-2-5-19-8/h2-6H,1H3,(H,13,16)(H,14,15,17). The molecule has 0 aliphatic carbocycles. The first-order valence-corrected chi connectivity index (χ1v) is 7.19. The van der Waals surface area contributed by atoms with Crippen LogP contribution in [0, 0.1) is 0 Å². The molecule has 2 rings (SSSR count). The Labute approximate surface area is 122 Å². The third-order valence-corrected chi connectivity index (χ3v) is 3.98. The van der Waals surface area contributed by atoms with E-state index in [1.54, 1.807) is 22.9 Å². The SMILES string of the molecule is COC(=O)NC(=O)c1ccsc1NC(=O)c1cccs1. The molecule has 2 aromatic heterocycles. The number of rotatable bonds is 3. The molecule has 0 aliphatic rings. The summed E-state index contributed by atoms with van der Waals surface area (Å²) in [5.74, 6) is -0.922. The molecule has 0 aromatic carbocycles. The number of amides is 3. The lowest BCUT2D eigenvalue weighted by Crippen LogP contribution is -2.30. The number of hydrogen-bond donors (Lipinski definition) is 2. The summed E-state index contributed by atoms with van der Waals surface area (Å²) in [4.78, 5) is 35.3. The van der Waals surface area contributed by atoms with Crippen LogP contribution in [0.5, 0.6) is 0 Å². The highest BCUT2D eigenvalue weighted by atomic mass is 32.1. The molecule has 0 aliphatic heterocycles. The molecule has 0 unspecified atom stereocenters. The Bertz CT molecular complexity index is 634. The van der Waals surface area contributed by atoms with Gasteiger partial charge in [0.2, 0.25) is 0 Å². The first kappa shape index (κ1) is 14.2. The Morgan fingerprint density at radius 1 is 1.10 bits per heavy atom. The van der Waals surface area contributed by atoms with Crippen LogP contribution in [0.4, 0.5) is 9.80 Å². The first-order chi connectivity index (χ1) is 9.61. The van der Waals surface area contributed by atoms with Crippen molar-refractivity contribution in [3.8, 4) is 0 Å². The Morgan fingerprint density at radius 3 is 2.55 bits per heavy atom. The maximum Gasteiger partial charge on any atom is 0.413 e. The molecule has 0 spiro atoms. The lowest BCUT2D eigenvalue weighted by molar-refractivity contribution is 0.0938. The maximum atomic E-state index is 11.9. The summed E-state index contributed by atoms with van der Waals surface area (Å²) in [5, 5.41) is 8.49. The number of thiophene rings is 2. The summed E-state index contributed by atoms with van der Waals surface area (Å²) >= 11 is 2.50. The molecule has 6 nitrogen and oxygen atoms in total. The fourth-order valence-electron chi connectivity index (χ4n) is 1.37. The minimum absolute atomic E-state index is 0.213. The van der Waals surface area contributed by atoms with E-state index < -0.39 is 12.0 Å². The van der Waals surface area contributed by atoms with Crippen molar-refractivity contribution in [3.05, 3.63) is 39.4 Å². The molecule has 3 amide bonds. The molecule has 20 heavy (non-hydrogen) atoms. The molecule has 0 atom stereocenters. The molecular weight excluding hydrogens is 300 g/mol. The summed E-state index contributed by atoms with van der Waals surface area (Å²) in [6, 6.07) is 4.97. The van der Waals surface area contributed by atoms with Gasteiger partial charge in [-0.15, -0.1) is 22.7 Å². The summed E-state index contributed by atoms with van der Waals surface area (Å²) in [7, 11) is 1.16. The highest BCUT2D eigenvalue weighted by molar-refractivity contribution is 7.15. The maximum absolute atomic E-state index is 11.9. The number of imide groups is 1. The zero-order valence-electron chi connectivity index (χ0n) is 10.3. The van der Waals surface area contributed by atoms with Gasteiger partial charge in [0.05, 0.1) is 17.6 Å². The van der Waals surface area contributed by atoms with Crippen LogP contribution >= 0.6 is 22.7 Å². The number of hydrogen-bond acceptors (Lipinski definition) is 6. The van der Waals surface area contributed by atoms with E-state index in [1.807, 2.05) is 5.32 Å². The predicted octanol–water partition coefficient (Wildman–Crippen LogP) is 2.56. The van der Waals surface area contributed by atoms with Gasteiger partial charge in [-0.3, -0.25) is 14.9 Å². The molecule has 2 aromatic rings. The third-order valence-electron chi connectivity index (χ3n) is 2.28. The van der Waals surface area contributed by atoms with E-state index in [0.29, 0.717) is 9.88 Å². The minimum Gasteiger partial charge on any atom is -0.453 e. The van der Waals surface area contributed by atoms with Gasteiger partial charge in [0.25, 0.3) is 11.8 Å². The van der Waals surface area contributed by atoms with Crippen LogP contribution in [0.3, 0.4) is 0 Å². The van der Waals surface area contributed by atoms with Crippen molar-refractivity contribution < 1.29 is 19.1 Å². The van der Waals surface area contributed by atoms with Crippen molar-refractivity contribution in [2.24, 2.45) is 0 Å². The molecule has 0 saturated carbocycles. The second-order valence-corrected chi connectivity index (χ2v) is 5.40. The second-order valence-electron chi connectivity index (χ2n) is 3.54. The van der Waals surface area contributed by atoms with E-state index in [1.165, 1.54) is 28.7 Å². The molecule has 0 fully saturated rings. The van der Waals surface area contributed by atoms with Crippen molar-refractivity contribution >= 4 is 45.6 Å².